The molecule has 1 N–H and O–H groups in total. The van der Waals surface area contributed by atoms with Gasteiger partial charge in [-0.25, -0.2) is 0 Å². The lowest BCUT2D eigenvalue weighted by Gasteiger charge is -2.27. The lowest BCUT2D eigenvalue weighted by molar-refractivity contribution is 0.0736. The van der Waals surface area contributed by atoms with Crippen LogP contribution in [0.15, 0.2) is 30.3 Å². The van der Waals surface area contributed by atoms with Crippen LogP contribution in [0.2, 0.25) is 0 Å². The normalized spacial score (nSPS) is 13.4. The molecule has 0 unspecified atom stereocenters. The second-order valence-corrected chi connectivity index (χ2v) is 7.29. The van der Waals surface area contributed by atoms with E-state index >= 15 is 0 Å². The molecule has 1 aromatic heterocycles. The first-order valence-corrected chi connectivity index (χ1v) is 9.15. The van der Waals surface area contributed by atoms with E-state index in [9.17, 15) is 9.59 Å². The van der Waals surface area contributed by atoms with Crippen molar-refractivity contribution in [2.24, 2.45) is 0 Å². The largest absolute Gasteiger partial charge is 0.383 e. The molecule has 2 heterocycles. The molecule has 132 valence electrons. The molecule has 1 aliphatic heterocycles. The first kappa shape index (κ1) is 17.6. The maximum Gasteiger partial charge on any atom is 0.261 e. The van der Waals surface area contributed by atoms with E-state index in [-0.39, 0.29) is 11.8 Å². The van der Waals surface area contributed by atoms with E-state index in [0.717, 1.165) is 17.5 Å². The number of methoxy groups -OCH3 is 1. The maximum atomic E-state index is 12.7. The second-order valence-electron chi connectivity index (χ2n) is 6.15. The van der Waals surface area contributed by atoms with Gasteiger partial charge in [-0.3, -0.25) is 9.59 Å². The van der Waals surface area contributed by atoms with Crippen LogP contribution >= 0.6 is 11.3 Å². The minimum absolute atomic E-state index is 0.0444. The molecule has 25 heavy (non-hydrogen) atoms. The molecule has 6 heteroatoms. The van der Waals surface area contributed by atoms with Crippen LogP contribution in [0.1, 0.15) is 36.0 Å². The van der Waals surface area contributed by atoms with Gasteiger partial charge >= 0.3 is 0 Å². The average Bonchev–Trinajstić information content (AvgIpc) is 3.05. The molecule has 1 aliphatic rings. The quantitative estimate of drug-likeness (QED) is 0.836. The van der Waals surface area contributed by atoms with Gasteiger partial charge < -0.3 is 15.0 Å². The molecular weight excluding hydrogens is 336 g/mol. The van der Waals surface area contributed by atoms with Crippen molar-refractivity contribution in [1.82, 2.24) is 10.2 Å². The number of rotatable bonds is 5. The third-order valence-electron chi connectivity index (χ3n) is 4.27. The Morgan fingerprint density at radius 3 is 2.76 bits per heavy atom. The molecule has 0 bridgehead atoms. The highest BCUT2D eigenvalue weighted by Crippen LogP contribution is 2.29. The summed E-state index contributed by atoms with van der Waals surface area (Å²) in [6.07, 6.45) is 0.795. The van der Waals surface area contributed by atoms with Crippen molar-refractivity contribution in [2.75, 3.05) is 26.8 Å². The Balaban J connectivity index is 1.68. The summed E-state index contributed by atoms with van der Waals surface area (Å²) in [5.74, 6) is -0.0317. The number of carbonyl (C=O) groups is 2. The van der Waals surface area contributed by atoms with Gasteiger partial charge in [-0.15, -0.1) is 11.3 Å². The summed E-state index contributed by atoms with van der Waals surface area (Å²) in [6.45, 7) is 4.24. The SMILES string of the molecule is COCCNC(=O)c1cc2c(s1)CCN(C(=O)c1ccc(C)cc1)C2. The van der Waals surface area contributed by atoms with Gasteiger partial charge in [0.25, 0.3) is 11.8 Å². The van der Waals surface area contributed by atoms with Crippen molar-refractivity contribution >= 4 is 23.2 Å². The van der Waals surface area contributed by atoms with Gasteiger partial charge in [0.05, 0.1) is 11.5 Å². The Hall–Kier alpha value is -2.18. The Morgan fingerprint density at radius 2 is 2.04 bits per heavy atom. The number of nitrogens with zero attached hydrogens (tertiary/aromatic N) is 1. The minimum Gasteiger partial charge on any atom is -0.383 e. The molecule has 5 nitrogen and oxygen atoms in total. The zero-order valence-corrected chi connectivity index (χ0v) is 15.3. The molecule has 0 saturated heterocycles. The van der Waals surface area contributed by atoms with Gasteiger partial charge in [0.1, 0.15) is 0 Å². The van der Waals surface area contributed by atoms with Crippen molar-refractivity contribution in [3.63, 3.8) is 0 Å². The molecule has 3 rings (SSSR count). The predicted molar refractivity (Wildman–Crippen MR) is 98.2 cm³/mol. The van der Waals surface area contributed by atoms with Crippen molar-refractivity contribution in [2.45, 2.75) is 19.9 Å². The smallest absolute Gasteiger partial charge is 0.261 e. The number of hydrogen-bond donors (Lipinski definition) is 1. The lowest BCUT2D eigenvalue weighted by Crippen LogP contribution is -2.35. The fourth-order valence-corrected chi connectivity index (χ4v) is 3.93. The summed E-state index contributed by atoms with van der Waals surface area (Å²) < 4.78 is 4.94. The Morgan fingerprint density at radius 1 is 1.28 bits per heavy atom. The monoisotopic (exact) mass is 358 g/mol. The highest BCUT2D eigenvalue weighted by molar-refractivity contribution is 7.14. The maximum absolute atomic E-state index is 12.7. The van der Waals surface area contributed by atoms with E-state index in [0.29, 0.717) is 36.7 Å². The standard InChI is InChI=1S/C19H22N2O3S/c1-13-3-5-14(6-4-13)19(23)21-9-7-16-15(12-21)11-17(25-16)18(22)20-8-10-24-2/h3-6,11H,7-10,12H2,1-2H3,(H,20,22). The van der Waals surface area contributed by atoms with E-state index in [1.807, 2.05) is 42.2 Å². The van der Waals surface area contributed by atoms with E-state index in [1.165, 1.54) is 16.2 Å². The fourth-order valence-electron chi connectivity index (χ4n) is 2.85. The van der Waals surface area contributed by atoms with E-state index in [4.69, 9.17) is 4.74 Å². The average molecular weight is 358 g/mol. The van der Waals surface area contributed by atoms with Crippen LogP contribution in [-0.2, 0) is 17.7 Å². The highest BCUT2D eigenvalue weighted by Gasteiger charge is 2.25. The molecule has 2 amide bonds. The van der Waals surface area contributed by atoms with E-state index in [1.54, 1.807) is 7.11 Å². The Kier molecular flexibility index (Phi) is 5.50. The number of amides is 2. The number of ether oxygens (including phenoxy) is 1. The van der Waals surface area contributed by atoms with E-state index < -0.39 is 0 Å². The Labute approximate surface area is 151 Å². The van der Waals surface area contributed by atoms with Gasteiger partial charge in [0.15, 0.2) is 0 Å². The highest BCUT2D eigenvalue weighted by atomic mass is 32.1. The predicted octanol–water partition coefficient (Wildman–Crippen LogP) is 2.63. The first-order chi connectivity index (χ1) is 12.1. The third-order valence-corrected chi connectivity index (χ3v) is 5.50. The zero-order chi connectivity index (χ0) is 17.8. The summed E-state index contributed by atoms with van der Waals surface area (Å²) in [6, 6.07) is 9.56. The van der Waals surface area contributed by atoms with Gasteiger partial charge in [-0.1, -0.05) is 17.7 Å². The minimum atomic E-state index is -0.0761. The van der Waals surface area contributed by atoms with Gasteiger partial charge in [0.2, 0.25) is 0 Å². The number of aryl methyl sites for hydroxylation is 1. The molecule has 0 spiro atoms. The van der Waals surface area contributed by atoms with Crippen LogP contribution in [0.25, 0.3) is 0 Å². The number of thiophene rings is 1. The fraction of sp³-hybridized carbons (Fsp3) is 0.368. The van der Waals surface area contributed by atoms with Crippen LogP contribution < -0.4 is 5.32 Å². The van der Waals surface area contributed by atoms with Gasteiger partial charge in [-0.05, 0) is 37.1 Å². The molecule has 0 fully saturated rings. The van der Waals surface area contributed by atoms with Crippen molar-refractivity contribution in [3.05, 3.63) is 56.8 Å². The van der Waals surface area contributed by atoms with Crippen molar-refractivity contribution < 1.29 is 14.3 Å². The summed E-state index contributed by atoms with van der Waals surface area (Å²) in [5.41, 5.74) is 2.93. The molecule has 1 aromatic carbocycles. The zero-order valence-electron chi connectivity index (χ0n) is 14.5. The summed E-state index contributed by atoms with van der Waals surface area (Å²) in [4.78, 5) is 28.6. The molecule has 2 aromatic rings. The van der Waals surface area contributed by atoms with Crippen LogP contribution in [-0.4, -0.2) is 43.5 Å². The van der Waals surface area contributed by atoms with Crippen LogP contribution in [0.4, 0.5) is 0 Å². The molecule has 0 atom stereocenters. The lowest BCUT2D eigenvalue weighted by atomic mass is 10.1. The van der Waals surface area contributed by atoms with Crippen LogP contribution in [0.3, 0.4) is 0 Å². The van der Waals surface area contributed by atoms with Crippen LogP contribution in [0.5, 0.6) is 0 Å². The number of benzene rings is 1. The van der Waals surface area contributed by atoms with Crippen molar-refractivity contribution in [1.29, 1.82) is 0 Å². The van der Waals surface area contributed by atoms with Gasteiger partial charge in [-0.2, -0.15) is 0 Å². The van der Waals surface area contributed by atoms with Crippen molar-refractivity contribution in [3.8, 4) is 0 Å². The van der Waals surface area contributed by atoms with Gasteiger partial charge in [0, 0.05) is 37.2 Å². The summed E-state index contributed by atoms with van der Waals surface area (Å²) in [7, 11) is 1.61. The van der Waals surface area contributed by atoms with Crippen LogP contribution in [0, 0.1) is 6.92 Å². The second kappa shape index (κ2) is 7.80. The topological polar surface area (TPSA) is 58.6 Å². The third kappa shape index (κ3) is 4.08. The summed E-state index contributed by atoms with van der Waals surface area (Å²) >= 11 is 1.52. The first-order valence-electron chi connectivity index (χ1n) is 8.33. The van der Waals surface area contributed by atoms with E-state index in [2.05, 4.69) is 5.32 Å². The number of hydrogen-bond acceptors (Lipinski definition) is 4. The Bertz CT molecular complexity index is 767. The number of nitrogens with one attached hydrogen (secondary N) is 1. The molecule has 0 radical (unpaired) electrons. The number of carbonyl (C=O) groups excluding carboxylic acids is 2. The summed E-state index contributed by atoms with van der Waals surface area (Å²) in [5, 5.41) is 2.84. The molecule has 0 saturated carbocycles. The molecule has 0 aliphatic carbocycles. The number of fused-ring (bicyclic) bond motifs is 1. The molecular formula is C19H22N2O3S.